The number of pyridine rings is 1. The van der Waals surface area contributed by atoms with Gasteiger partial charge in [0.15, 0.2) is 0 Å². The highest BCUT2D eigenvalue weighted by molar-refractivity contribution is 5.60. The first-order chi connectivity index (χ1) is 15.9. The first kappa shape index (κ1) is 23.3. The lowest BCUT2D eigenvalue weighted by Gasteiger charge is -2.27. The van der Waals surface area contributed by atoms with Gasteiger partial charge in [-0.2, -0.15) is 13.2 Å². The first-order valence-electron chi connectivity index (χ1n) is 11.2. The van der Waals surface area contributed by atoms with Gasteiger partial charge in [0.2, 0.25) is 0 Å². The van der Waals surface area contributed by atoms with Crippen LogP contribution in [0.1, 0.15) is 36.1 Å². The lowest BCUT2D eigenvalue weighted by Crippen LogP contribution is -2.29. The Morgan fingerprint density at radius 2 is 1.70 bits per heavy atom. The zero-order valence-corrected chi connectivity index (χ0v) is 18.3. The summed E-state index contributed by atoms with van der Waals surface area (Å²) in [5.74, 6) is 0.981. The van der Waals surface area contributed by atoms with Crippen molar-refractivity contribution in [2.24, 2.45) is 0 Å². The van der Waals surface area contributed by atoms with E-state index in [-0.39, 0.29) is 6.61 Å². The Labute approximate surface area is 191 Å². The summed E-state index contributed by atoms with van der Waals surface area (Å²) in [5, 5.41) is 9.12. The Morgan fingerprint density at radius 1 is 0.939 bits per heavy atom. The van der Waals surface area contributed by atoms with Crippen LogP contribution < -0.4 is 4.74 Å². The van der Waals surface area contributed by atoms with E-state index in [4.69, 9.17) is 9.84 Å². The number of piperidine rings is 1. The largest absolute Gasteiger partial charge is 0.457 e. The topological polar surface area (TPSA) is 45.6 Å². The van der Waals surface area contributed by atoms with Crippen LogP contribution in [0, 0.1) is 0 Å². The average Bonchev–Trinajstić information content (AvgIpc) is 2.81. The Balaban J connectivity index is 1.55. The summed E-state index contributed by atoms with van der Waals surface area (Å²) in [5.41, 5.74) is 2.36. The Hall–Kier alpha value is -2.90. The summed E-state index contributed by atoms with van der Waals surface area (Å²) in [4.78, 5) is 6.73. The van der Waals surface area contributed by atoms with Crippen LogP contribution in [0.4, 0.5) is 13.2 Å². The molecule has 1 aliphatic heterocycles. The third-order valence-corrected chi connectivity index (χ3v) is 5.78. The third-order valence-electron chi connectivity index (χ3n) is 5.78. The fourth-order valence-electron chi connectivity index (χ4n) is 4.05. The fourth-order valence-corrected chi connectivity index (χ4v) is 4.05. The van der Waals surface area contributed by atoms with Crippen LogP contribution in [0.2, 0.25) is 0 Å². The molecule has 4 nitrogen and oxygen atoms in total. The smallest absolute Gasteiger partial charge is 0.416 e. The second-order valence-electron chi connectivity index (χ2n) is 8.27. The number of alkyl halides is 3. The SMILES string of the molecule is OCCc1cccc(-c2ccc(Oc3ccc(C(F)(F)F)cc3CN3CCCCC3)cc2)n1. The van der Waals surface area contributed by atoms with Crippen molar-refractivity contribution in [2.75, 3.05) is 19.7 Å². The summed E-state index contributed by atoms with van der Waals surface area (Å²) in [6.07, 6.45) is -0.627. The van der Waals surface area contributed by atoms with Crippen molar-refractivity contribution >= 4 is 0 Å². The molecule has 4 rings (SSSR count). The number of aliphatic hydroxyl groups excluding tert-OH is 1. The highest BCUT2D eigenvalue weighted by Gasteiger charge is 2.31. The van der Waals surface area contributed by atoms with Gasteiger partial charge >= 0.3 is 6.18 Å². The molecule has 1 aliphatic rings. The molecule has 2 aromatic carbocycles. The number of rotatable bonds is 7. The van der Waals surface area contributed by atoms with Crippen molar-refractivity contribution in [3.05, 3.63) is 77.5 Å². The van der Waals surface area contributed by atoms with Gasteiger partial charge in [-0.3, -0.25) is 9.88 Å². The molecular weight excluding hydrogens is 429 g/mol. The van der Waals surface area contributed by atoms with E-state index in [2.05, 4.69) is 9.88 Å². The predicted octanol–water partition coefficient (Wildman–Crippen LogP) is 6.08. The molecule has 174 valence electrons. The molecule has 2 heterocycles. The summed E-state index contributed by atoms with van der Waals surface area (Å²) < 4.78 is 46.0. The molecular formula is C26H27F3N2O2. The summed E-state index contributed by atoms with van der Waals surface area (Å²) in [6.45, 7) is 2.23. The van der Waals surface area contributed by atoms with Crippen molar-refractivity contribution in [1.82, 2.24) is 9.88 Å². The lowest BCUT2D eigenvalue weighted by atomic mass is 10.1. The maximum Gasteiger partial charge on any atom is 0.416 e. The third kappa shape index (κ3) is 6.12. The summed E-state index contributed by atoms with van der Waals surface area (Å²) >= 11 is 0. The molecule has 0 radical (unpaired) electrons. The Kier molecular flexibility index (Phi) is 7.30. The number of hydrogen-bond acceptors (Lipinski definition) is 4. The van der Waals surface area contributed by atoms with Crippen molar-refractivity contribution in [2.45, 2.75) is 38.4 Å². The molecule has 0 spiro atoms. The normalized spacial score (nSPS) is 14.9. The maximum atomic E-state index is 13.3. The van der Waals surface area contributed by atoms with Crippen LogP contribution >= 0.6 is 0 Å². The molecule has 0 bridgehead atoms. The molecule has 7 heteroatoms. The van der Waals surface area contributed by atoms with Crippen molar-refractivity contribution in [3.63, 3.8) is 0 Å². The maximum absolute atomic E-state index is 13.3. The number of ether oxygens (including phenoxy) is 1. The van der Waals surface area contributed by atoms with E-state index in [1.165, 1.54) is 12.1 Å². The molecule has 1 fully saturated rings. The number of halogens is 3. The van der Waals surface area contributed by atoms with E-state index in [1.807, 2.05) is 30.3 Å². The van der Waals surface area contributed by atoms with Crippen LogP contribution in [0.25, 0.3) is 11.3 Å². The van der Waals surface area contributed by atoms with Gasteiger partial charge in [0.1, 0.15) is 11.5 Å². The van der Waals surface area contributed by atoms with Gasteiger partial charge in [-0.25, -0.2) is 0 Å². The second kappa shape index (κ2) is 10.4. The van der Waals surface area contributed by atoms with Gasteiger partial charge in [-0.1, -0.05) is 12.5 Å². The molecule has 0 aliphatic carbocycles. The minimum atomic E-state index is -4.39. The van der Waals surface area contributed by atoms with Gasteiger partial charge in [0.25, 0.3) is 0 Å². The van der Waals surface area contributed by atoms with E-state index >= 15 is 0 Å². The quantitative estimate of drug-likeness (QED) is 0.468. The monoisotopic (exact) mass is 456 g/mol. The van der Waals surface area contributed by atoms with E-state index in [0.717, 1.165) is 55.4 Å². The zero-order chi connectivity index (χ0) is 23.3. The number of likely N-dealkylation sites (tertiary alicyclic amines) is 1. The minimum Gasteiger partial charge on any atom is -0.457 e. The molecule has 3 aromatic rings. The highest BCUT2D eigenvalue weighted by Crippen LogP contribution is 2.35. The fraction of sp³-hybridized carbons (Fsp3) is 0.346. The van der Waals surface area contributed by atoms with Crippen LogP contribution in [-0.2, 0) is 19.1 Å². The Bertz CT molecular complexity index is 1060. The first-order valence-corrected chi connectivity index (χ1v) is 11.2. The van der Waals surface area contributed by atoms with Gasteiger partial charge < -0.3 is 9.84 Å². The lowest BCUT2D eigenvalue weighted by molar-refractivity contribution is -0.137. The van der Waals surface area contributed by atoms with Crippen LogP contribution in [-0.4, -0.2) is 34.7 Å². The predicted molar refractivity (Wildman–Crippen MR) is 121 cm³/mol. The molecule has 0 atom stereocenters. The minimum absolute atomic E-state index is 0.0378. The van der Waals surface area contributed by atoms with Crippen LogP contribution in [0.3, 0.4) is 0 Å². The van der Waals surface area contributed by atoms with Crippen LogP contribution in [0.5, 0.6) is 11.5 Å². The van der Waals surface area contributed by atoms with Crippen molar-refractivity contribution in [3.8, 4) is 22.8 Å². The van der Waals surface area contributed by atoms with Crippen molar-refractivity contribution < 1.29 is 23.0 Å². The van der Waals surface area contributed by atoms with E-state index in [0.29, 0.717) is 30.0 Å². The molecule has 1 aromatic heterocycles. The highest BCUT2D eigenvalue weighted by atomic mass is 19.4. The van der Waals surface area contributed by atoms with Gasteiger partial charge in [0.05, 0.1) is 11.3 Å². The molecule has 0 amide bonds. The van der Waals surface area contributed by atoms with Gasteiger partial charge in [0, 0.05) is 36.4 Å². The van der Waals surface area contributed by atoms with E-state index in [1.54, 1.807) is 12.1 Å². The second-order valence-corrected chi connectivity index (χ2v) is 8.27. The summed E-state index contributed by atoms with van der Waals surface area (Å²) in [6, 6.07) is 16.7. The zero-order valence-electron chi connectivity index (χ0n) is 18.3. The van der Waals surface area contributed by atoms with Gasteiger partial charge in [-0.15, -0.1) is 0 Å². The average molecular weight is 457 g/mol. The van der Waals surface area contributed by atoms with E-state index < -0.39 is 11.7 Å². The Morgan fingerprint density at radius 3 is 2.39 bits per heavy atom. The number of hydrogen-bond donors (Lipinski definition) is 1. The number of aromatic nitrogens is 1. The van der Waals surface area contributed by atoms with E-state index in [9.17, 15) is 13.2 Å². The standard InChI is InChI=1S/C26H27F3N2O2/c27-26(28,29)21-9-12-25(20(17-21)18-31-14-2-1-3-15-31)33-23-10-7-19(8-11-23)24-6-4-5-22(30-24)13-16-32/h4-12,17,32H,1-3,13-16,18H2. The number of nitrogens with zero attached hydrogens (tertiary/aromatic N) is 2. The van der Waals surface area contributed by atoms with Gasteiger partial charge in [-0.05, 0) is 80.5 Å². The molecule has 1 saturated heterocycles. The van der Waals surface area contributed by atoms with Crippen LogP contribution in [0.15, 0.2) is 60.7 Å². The number of benzene rings is 2. The molecule has 33 heavy (non-hydrogen) atoms. The number of aliphatic hydroxyl groups is 1. The van der Waals surface area contributed by atoms with Crippen molar-refractivity contribution in [1.29, 1.82) is 0 Å². The molecule has 0 saturated carbocycles. The molecule has 1 N–H and O–H groups in total. The molecule has 0 unspecified atom stereocenters. The summed E-state index contributed by atoms with van der Waals surface area (Å²) in [7, 11) is 0.